The molecule has 0 unspecified atom stereocenters. The first-order chi connectivity index (χ1) is 16.2. The molecule has 170 valence electrons. The number of nitrogens with zero attached hydrogens (tertiary/aromatic N) is 7. The quantitative estimate of drug-likeness (QED) is 0.313. The molecule has 5 aromatic rings. The summed E-state index contributed by atoms with van der Waals surface area (Å²) in [5.74, 6) is 1.85. The van der Waals surface area contributed by atoms with Crippen LogP contribution >= 0.6 is 0 Å². The van der Waals surface area contributed by atoms with Gasteiger partial charge in [0.2, 0.25) is 5.82 Å². The monoisotopic (exact) mass is 449 g/mol. The number of aromatic nitrogens is 7. The summed E-state index contributed by atoms with van der Waals surface area (Å²) in [7, 11) is 3.26. The van der Waals surface area contributed by atoms with E-state index in [4.69, 9.17) is 23.7 Å². The van der Waals surface area contributed by atoms with Crippen molar-refractivity contribution < 1.29 is 18.7 Å². The Morgan fingerprint density at radius 1 is 1.09 bits per heavy atom. The minimum absolute atomic E-state index is 0.217. The Hall–Kier alpha value is -3.99. The van der Waals surface area contributed by atoms with E-state index < -0.39 is 0 Å². The average Bonchev–Trinajstić information content (AvgIpc) is 3.55. The Labute approximate surface area is 188 Å². The van der Waals surface area contributed by atoms with Crippen LogP contribution in [0.1, 0.15) is 17.9 Å². The highest BCUT2D eigenvalue weighted by atomic mass is 16.5. The van der Waals surface area contributed by atoms with Crippen molar-refractivity contribution in [2.24, 2.45) is 0 Å². The van der Waals surface area contributed by atoms with Crippen LogP contribution in [0, 0.1) is 6.92 Å². The minimum atomic E-state index is 0.217. The van der Waals surface area contributed by atoms with E-state index in [-0.39, 0.29) is 6.61 Å². The molecule has 0 amide bonds. The Morgan fingerprint density at radius 2 is 2.00 bits per heavy atom. The number of aryl methyl sites for hydroxylation is 2. The number of pyridine rings is 1. The molecular weight excluding hydrogens is 426 g/mol. The van der Waals surface area contributed by atoms with Crippen LogP contribution in [0.2, 0.25) is 0 Å². The Morgan fingerprint density at radius 3 is 2.79 bits per heavy atom. The molecule has 0 saturated carbocycles. The topological polar surface area (TPSA) is 115 Å². The molecule has 5 rings (SSSR count). The summed E-state index contributed by atoms with van der Waals surface area (Å²) in [6, 6.07) is 9.51. The van der Waals surface area contributed by atoms with E-state index in [1.807, 2.05) is 25.3 Å². The van der Waals surface area contributed by atoms with E-state index in [1.165, 1.54) is 0 Å². The lowest BCUT2D eigenvalue weighted by Crippen LogP contribution is -2.06. The second-order valence-corrected chi connectivity index (χ2v) is 7.49. The summed E-state index contributed by atoms with van der Waals surface area (Å²) in [4.78, 5) is 4.78. The number of hydrogen-bond acceptors (Lipinski definition) is 9. The normalized spacial score (nSPS) is 11.5. The Balaban J connectivity index is 1.41. The van der Waals surface area contributed by atoms with E-state index in [2.05, 4.69) is 31.1 Å². The molecule has 0 N–H and O–H groups in total. The average molecular weight is 449 g/mol. The van der Waals surface area contributed by atoms with Gasteiger partial charge in [-0.3, -0.25) is 0 Å². The third-order valence-corrected chi connectivity index (χ3v) is 5.18. The molecule has 5 aromatic heterocycles. The van der Waals surface area contributed by atoms with Crippen molar-refractivity contribution >= 4 is 16.7 Å². The fourth-order valence-corrected chi connectivity index (χ4v) is 3.56. The molecule has 0 bridgehead atoms. The maximum atomic E-state index is 6.00. The fourth-order valence-electron chi connectivity index (χ4n) is 3.56. The van der Waals surface area contributed by atoms with E-state index in [0.717, 1.165) is 29.7 Å². The van der Waals surface area contributed by atoms with Gasteiger partial charge in [0, 0.05) is 44.0 Å². The van der Waals surface area contributed by atoms with E-state index in [9.17, 15) is 0 Å². The molecule has 0 spiro atoms. The van der Waals surface area contributed by atoms with Gasteiger partial charge >= 0.3 is 0 Å². The molecule has 11 heteroatoms. The molecule has 0 aliphatic carbocycles. The number of methoxy groups -OCH3 is 2. The van der Waals surface area contributed by atoms with Gasteiger partial charge < -0.3 is 23.3 Å². The van der Waals surface area contributed by atoms with Crippen molar-refractivity contribution in [3.63, 3.8) is 0 Å². The SMILES string of the molecule is COCCCn1ccc2ccc(COc3nn4c(-c5cc(C)on5)nnc4cc3OC)nc21. The summed E-state index contributed by atoms with van der Waals surface area (Å²) < 4.78 is 25.4. The van der Waals surface area contributed by atoms with Crippen LogP contribution in [0.3, 0.4) is 0 Å². The van der Waals surface area contributed by atoms with Crippen molar-refractivity contribution in [2.45, 2.75) is 26.5 Å². The van der Waals surface area contributed by atoms with Gasteiger partial charge in [0.25, 0.3) is 5.88 Å². The summed E-state index contributed by atoms with van der Waals surface area (Å²) in [6.07, 6.45) is 2.95. The van der Waals surface area contributed by atoms with Gasteiger partial charge in [-0.2, -0.15) is 4.52 Å². The van der Waals surface area contributed by atoms with Gasteiger partial charge in [0.05, 0.1) is 12.8 Å². The van der Waals surface area contributed by atoms with Crippen LogP contribution in [-0.4, -0.2) is 55.3 Å². The van der Waals surface area contributed by atoms with Crippen molar-refractivity contribution in [3.05, 3.63) is 48.0 Å². The number of ether oxygens (including phenoxy) is 3. The van der Waals surface area contributed by atoms with Crippen LogP contribution in [-0.2, 0) is 17.9 Å². The lowest BCUT2D eigenvalue weighted by molar-refractivity contribution is 0.190. The van der Waals surface area contributed by atoms with Gasteiger partial charge in [-0.1, -0.05) is 5.16 Å². The van der Waals surface area contributed by atoms with Crippen LogP contribution in [0.15, 0.2) is 41.1 Å². The third-order valence-electron chi connectivity index (χ3n) is 5.18. The largest absolute Gasteiger partial charge is 0.491 e. The lowest BCUT2D eigenvalue weighted by atomic mass is 10.3. The van der Waals surface area contributed by atoms with E-state index >= 15 is 0 Å². The predicted molar refractivity (Wildman–Crippen MR) is 118 cm³/mol. The standard InChI is InChI=1S/C22H23N7O4/c1-14-11-17(27-33-14)21-25-24-19-12-18(31-3)22(26-29(19)21)32-13-16-6-5-15-7-9-28(20(15)23-16)8-4-10-30-2/h5-7,9,11-12H,4,8,10,13H2,1-3H3. The molecule has 11 nitrogen and oxygen atoms in total. The van der Waals surface area contributed by atoms with Gasteiger partial charge in [-0.05, 0) is 31.5 Å². The second-order valence-electron chi connectivity index (χ2n) is 7.49. The van der Waals surface area contributed by atoms with Crippen LogP contribution in [0.5, 0.6) is 11.6 Å². The molecule has 0 aliphatic rings. The minimum Gasteiger partial charge on any atom is -0.491 e. The zero-order valence-corrected chi connectivity index (χ0v) is 18.6. The molecule has 0 fully saturated rings. The Bertz CT molecular complexity index is 1400. The highest BCUT2D eigenvalue weighted by Crippen LogP contribution is 2.28. The number of rotatable bonds is 9. The van der Waals surface area contributed by atoms with E-state index in [0.29, 0.717) is 41.2 Å². The Kier molecular flexibility index (Phi) is 5.61. The molecule has 0 radical (unpaired) electrons. The number of hydrogen-bond donors (Lipinski definition) is 0. The number of fused-ring (bicyclic) bond motifs is 2. The van der Waals surface area contributed by atoms with Gasteiger partial charge in [0.15, 0.2) is 17.1 Å². The first kappa shape index (κ1) is 20.9. The van der Waals surface area contributed by atoms with Crippen LogP contribution in [0.25, 0.3) is 28.2 Å². The molecule has 0 aliphatic heterocycles. The van der Waals surface area contributed by atoms with Crippen molar-refractivity contribution in [3.8, 4) is 23.1 Å². The van der Waals surface area contributed by atoms with Crippen molar-refractivity contribution in [1.29, 1.82) is 0 Å². The third kappa shape index (κ3) is 4.10. The first-order valence-electron chi connectivity index (χ1n) is 10.5. The summed E-state index contributed by atoms with van der Waals surface area (Å²) in [6.45, 7) is 3.56. The second kappa shape index (κ2) is 8.87. The molecular formula is C22H23N7O4. The van der Waals surface area contributed by atoms with Crippen LogP contribution in [0.4, 0.5) is 0 Å². The zero-order valence-electron chi connectivity index (χ0n) is 18.6. The molecule has 0 saturated heterocycles. The molecule has 0 atom stereocenters. The zero-order chi connectivity index (χ0) is 22.8. The highest BCUT2D eigenvalue weighted by Gasteiger charge is 2.18. The predicted octanol–water partition coefficient (Wildman–Crippen LogP) is 3.06. The summed E-state index contributed by atoms with van der Waals surface area (Å²) in [5, 5.41) is 17.9. The lowest BCUT2D eigenvalue weighted by Gasteiger charge is -2.10. The maximum absolute atomic E-state index is 6.00. The van der Waals surface area contributed by atoms with Gasteiger partial charge in [-0.25, -0.2) is 4.98 Å². The maximum Gasteiger partial charge on any atom is 0.275 e. The van der Waals surface area contributed by atoms with Gasteiger partial charge in [-0.15, -0.1) is 15.3 Å². The fraction of sp³-hybridized carbons (Fsp3) is 0.318. The summed E-state index contributed by atoms with van der Waals surface area (Å²) in [5.41, 5.74) is 2.72. The summed E-state index contributed by atoms with van der Waals surface area (Å²) >= 11 is 0. The molecule has 5 heterocycles. The van der Waals surface area contributed by atoms with Crippen molar-refractivity contribution in [2.75, 3.05) is 20.8 Å². The highest BCUT2D eigenvalue weighted by molar-refractivity contribution is 5.76. The van der Waals surface area contributed by atoms with Gasteiger partial charge in [0.1, 0.15) is 18.0 Å². The van der Waals surface area contributed by atoms with Crippen molar-refractivity contribution in [1.82, 2.24) is 34.5 Å². The smallest absolute Gasteiger partial charge is 0.275 e. The van der Waals surface area contributed by atoms with Crippen LogP contribution < -0.4 is 9.47 Å². The molecule has 0 aromatic carbocycles. The molecule has 33 heavy (non-hydrogen) atoms. The first-order valence-corrected chi connectivity index (χ1v) is 10.5. The van der Waals surface area contributed by atoms with E-state index in [1.54, 1.807) is 30.9 Å².